The first kappa shape index (κ1) is 31.1. The van der Waals surface area contributed by atoms with Crippen LogP contribution in [0.2, 0.25) is 0 Å². The molecular formula is C29H40N4O6. The summed E-state index contributed by atoms with van der Waals surface area (Å²) in [7, 11) is 1.55. The summed E-state index contributed by atoms with van der Waals surface area (Å²) in [5.41, 5.74) is 6.56. The Balaban J connectivity index is 2.50. The van der Waals surface area contributed by atoms with E-state index in [1.165, 1.54) is 4.90 Å². The number of carbonyl (C=O) groups excluding carboxylic acids is 4. The number of ether oxygens (including phenoxy) is 2. The number of hydrogen-bond donors (Lipinski definition) is 3. The third kappa shape index (κ3) is 9.63. The molecule has 0 spiro atoms. The number of nitrogens with one attached hydrogen (secondary N) is 2. The minimum absolute atomic E-state index is 0.0583. The number of amides is 4. The molecule has 2 rings (SSSR count). The van der Waals surface area contributed by atoms with E-state index in [9.17, 15) is 19.2 Å². The second kappa shape index (κ2) is 13.6. The number of nitrogens with two attached hydrogens (primary N) is 1. The van der Waals surface area contributed by atoms with Crippen LogP contribution in [-0.2, 0) is 19.1 Å². The fraction of sp³-hybridized carbons (Fsp3) is 0.448. The number of nitrogens with zero attached hydrogens (tertiary/aromatic N) is 1. The van der Waals surface area contributed by atoms with Crippen molar-refractivity contribution in [2.45, 2.75) is 78.1 Å². The maximum absolute atomic E-state index is 14.0. The summed E-state index contributed by atoms with van der Waals surface area (Å²) in [4.78, 5) is 53.5. The maximum Gasteiger partial charge on any atom is 0.408 e. The number of primary amides is 1. The van der Waals surface area contributed by atoms with Crippen molar-refractivity contribution >= 4 is 29.5 Å². The smallest absolute Gasteiger partial charge is 0.408 e. The van der Waals surface area contributed by atoms with Gasteiger partial charge in [0.15, 0.2) is 0 Å². The highest BCUT2D eigenvalue weighted by Crippen LogP contribution is 2.28. The van der Waals surface area contributed by atoms with Gasteiger partial charge < -0.3 is 30.7 Å². The average molecular weight is 541 g/mol. The van der Waals surface area contributed by atoms with E-state index >= 15 is 0 Å². The van der Waals surface area contributed by atoms with Gasteiger partial charge in [0.1, 0.15) is 23.4 Å². The van der Waals surface area contributed by atoms with Crippen molar-refractivity contribution in [3.05, 3.63) is 59.7 Å². The Morgan fingerprint density at radius 2 is 1.67 bits per heavy atom. The van der Waals surface area contributed by atoms with Crippen LogP contribution >= 0.6 is 0 Å². The van der Waals surface area contributed by atoms with Gasteiger partial charge in [-0.1, -0.05) is 29.8 Å². The molecule has 39 heavy (non-hydrogen) atoms. The average Bonchev–Trinajstić information content (AvgIpc) is 2.83. The SMILES string of the molecule is COc1ccc(NC(=O)C(c2cccc(C)c2)N(C(=O)C(CCC(N)=O)NC(=O)OC(C)(C)C)C(C)C)cc1. The van der Waals surface area contributed by atoms with Gasteiger partial charge in [-0.15, -0.1) is 0 Å². The third-order valence-electron chi connectivity index (χ3n) is 5.72. The molecule has 0 saturated carbocycles. The Bertz CT molecular complexity index is 1160. The van der Waals surface area contributed by atoms with Crippen LogP contribution in [0.25, 0.3) is 0 Å². The molecule has 0 aromatic heterocycles. The minimum atomic E-state index is -1.16. The third-order valence-corrected chi connectivity index (χ3v) is 5.72. The summed E-state index contributed by atoms with van der Waals surface area (Å²) in [5.74, 6) is -0.984. The highest BCUT2D eigenvalue weighted by Gasteiger charge is 2.38. The molecule has 2 unspecified atom stereocenters. The van der Waals surface area contributed by atoms with Crippen LogP contribution in [0.5, 0.6) is 5.75 Å². The van der Waals surface area contributed by atoms with Crippen molar-refractivity contribution in [1.82, 2.24) is 10.2 Å². The molecule has 0 fully saturated rings. The van der Waals surface area contributed by atoms with Crippen LogP contribution in [-0.4, -0.2) is 53.5 Å². The van der Waals surface area contributed by atoms with Crippen LogP contribution in [0.15, 0.2) is 48.5 Å². The Hall–Kier alpha value is -4.08. The number of methoxy groups -OCH3 is 1. The first-order valence-electron chi connectivity index (χ1n) is 12.8. The molecule has 2 aromatic carbocycles. The lowest BCUT2D eigenvalue weighted by Crippen LogP contribution is -2.54. The van der Waals surface area contributed by atoms with Crippen LogP contribution in [0.1, 0.15) is 64.6 Å². The molecule has 0 saturated heterocycles. The van der Waals surface area contributed by atoms with Crippen molar-refractivity contribution in [2.75, 3.05) is 12.4 Å². The number of rotatable bonds is 11. The van der Waals surface area contributed by atoms with E-state index in [1.54, 1.807) is 72.1 Å². The molecule has 0 heterocycles. The minimum Gasteiger partial charge on any atom is -0.497 e. The molecule has 0 aliphatic rings. The second-order valence-electron chi connectivity index (χ2n) is 10.6. The first-order chi connectivity index (χ1) is 18.2. The predicted octanol–water partition coefficient (Wildman–Crippen LogP) is 4.08. The zero-order valence-corrected chi connectivity index (χ0v) is 23.7. The van der Waals surface area contributed by atoms with Gasteiger partial charge >= 0.3 is 6.09 Å². The van der Waals surface area contributed by atoms with Crippen molar-refractivity contribution in [2.24, 2.45) is 5.73 Å². The van der Waals surface area contributed by atoms with Crippen LogP contribution in [0.3, 0.4) is 0 Å². The number of carbonyl (C=O) groups is 4. The lowest BCUT2D eigenvalue weighted by molar-refractivity contribution is -0.143. The topological polar surface area (TPSA) is 140 Å². The molecule has 2 aromatic rings. The van der Waals surface area contributed by atoms with E-state index in [4.69, 9.17) is 15.2 Å². The largest absolute Gasteiger partial charge is 0.497 e. The van der Waals surface area contributed by atoms with Crippen molar-refractivity contribution in [3.8, 4) is 5.75 Å². The molecule has 2 atom stereocenters. The van der Waals surface area contributed by atoms with Crippen LogP contribution in [0, 0.1) is 6.92 Å². The highest BCUT2D eigenvalue weighted by atomic mass is 16.6. The molecule has 0 bridgehead atoms. The summed E-state index contributed by atoms with van der Waals surface area (Å²) in [6.07, 6.45) is -1.02. The molecule has 0 radical (unpaired) electrons. The summed E-state index contributed by atoms with van der Waals surface area (Å²) < 4.78 is 10.5. The van der Waals surface area contributed by atoms with E-state index in [-0.39, 0.29) is 12.8 Å². The van der Waals surface area contributed by atoms with E-state index in [0.717, 1.165) is 5.56 Å². The van der Waals surface area contributed by atoms with Gasteiger partial charge in [-0.3, -0.25) is 14.4 Å². The predicted molar refractivity (Wildman–Crippen MR) is 149 cm³/mol. The number of hydrogen-bond acceptors (Lipinski definition) is 6. The molecule has 4 N–H and O–H groups in total. The Morgan fingerprint density at radius 3 is 2.18 bits per heavy atom. The molecule has 10 heteroatoms. The number of anilines is 1. The van der Waals surface area contributed by atoms with Crippen molar-refractivity contribution in [1.29, 1.82) is 0 Å². The summed E-state index contributed by atoms with van der Waals surface area (Å²) in [5, 5.41) is 5.47. The molecule has 4 amide bonds. The summed E-state index contributed by atoms with van der Waals surface area (Å²) in [6, 6.07) is 11.5. The quantitative estimate of drug-likeness (QED) is 0.392. The van der Waals surface area contributed by atoms with Crippen molar-refractivity contribution < 1.29 is 28.7 Å². The fourth-order valence-electron chi connectivity index (χ4n) is 4.02. The summed E-state index contributed by atoms with van der Waals surface area (Å²) >= 11 is 0. The van der Waals surface area contributed by atoms with Crippen molar-refractivity contribution in [3.63, 3.8) is 0 Å². The maximum atomic E-state index is 14.0. The normalized spacial score (nSPS) is 12.7. The molecule has 10 nitrogen and oxygen atoms in total. The Kier molecular flexibility index (Phi) is 10.9. The van der Waals surface area contributed by atoms with Gasteiger partial charge in [0.05, 0.1) is 7.11 Å². The standard InChI is InChI=1S/C29H40N4O6/c1-18(2)33(27(36)23(15-16-24(30)34)32-28(37)39-29(4,5)6)25(20-10-8-9-19(3)17-20)26(35)31-21-11-13-22(38-7)14-12-21/h8-14,17-18,23,25H,15-16H2,1-7H3,(H2,30,34)(H,31,35)(H,32,37). The van der Waals surface area contributed by atoms with E-state index < -0.39 is 47.5 Å². The van der Waals surface area contributed by atoms with Gasteiger partial charge in [0.2, 0.25) is 11.8 Å². The van der Waals surface area contributed by atoms with Crippen LogP contribution in [0.4, 0.5) is 10.5 Å². The fourth-order valence-corrected chi connectivity index (χ4v) is 4.02. The highest BCUT2D eigenvalue weighted by molar-refractivity contribution is 5.99. The number of benzene rings is 2. The number of aryl methyl sites for hydroxylation is 1. The molecular weight excluding hydrogens is 500 g/mol. The van der Waals surface area contributed by atoms with E-state index in [0.29, 0.717) is 17.0 Å². The van der Waals surface area contributed by atoms with Gasteiger partial charge in [-0.2, -0.15) is 0 Å². The zero-order chi connectivity index (χ0) is 29.3. The number of alkyl carbamates (subject to hydrolysis) is 1. The van der Waals surface area contributed by atoms with Gasteiger partial charge in [0, 0.05) is 18.2 Å². The van der Waals surface area contributed by atoms with E-state index in [1.807, 2.05) is 25.1 Å². The Morgan fingerprint density at radius 1 is 1.03 bits per heavy atom. The lowest BCUT2D eigenvalue weighted by Gasteiger charge is -2.37. The summed E-state index contributed by atoms with van der Waals surface area (Å²) in [6.45, 7) is 10.5. The van der Waals surface area contributed by atoms with Gasteiger partial charge in [0.25, 0.3) is 5.91 Å². The second-order valence-corrected chi connectivity index (χ2v) is 10.6. The first-order valence-corrected chi connectivity index (χ1v) is 12.8. The monoisotopic (exact) mass is 540 g/mol. The van der Waals surface area contributed by atoms with E-state index in [2.05, 4.69) is 10.6 Å². The van der Waals surface area contributed by atoms with Gasteiger partial charge in [-0.05, 0) is 77.8 Å². The Labute approximate surface area is 230 Å². The van der Waals surface area contributed by atoms with Gasteiger partial charge in [-0.25, -0.2) is 4.79 Å². The lowest BCUT2D eigenvalue weighted by atomic mass is 9.98. The zero-order valence-electron chi connectivity index (χ0n) is 23.7. The van der Waals surface area contributed by atoms with Crippen LogP contribution < -0.4 is 21.1 Å². The molecule has 212 valence electrons. The molecule has 0 aliphatic heterocycles. The molecule has 0 aliphatic carbocycles.